The van der Waals surface area contributed by atoms with E-state index in [1.54, 1.807) is 24.3 Å². The van der Waals surface area contributed by atoms with Gasteiger partial charge < -0.3 is 15.7 Å². The zero-order valence-corrected chi connectivity index (χ0v) is 21.1. The van der Waals surface area contributed by atoms with Crippen molar-refractivity contribution in [2.75, 3.05) is 32.8 Å². The second-order valence-electron chi connectivity index (χ2n) is 7.37. The van der Waals surface area contributed by atoms with Gasteiger partial charge in [0.25, 0.3) is 0 Å². The van der Waals surface area contributed by atoms with Gasteiger partial charge in [0.1, 0.15) is 0 Å². The molecule has 0 amide bonds. The summed E-state index contributed by atoms with van der Waals surface area (Å²) in [6, 6.07) is 6.77. The van der Waals surface area contributed by atoms with Gasteiger partial charge in [-0.1, -0.05) is 31.5 Å². The summed E-state index contributed by atoms with van der Waals surface area (Å²) < 4.78 is 27.2. The average Bonchev–Trinajstić information content (AvgIpc) is 2.63. The first-order valence-corrected chi connectivity index (χ1v) is 11.5. The van der Waals surface area contributed by atoms with E-state index in [2.05, 4.69) is 34.2 Å². The van der Waals surface area contributed by atoms with E-state index < -0.39 is 10.0 Å². The summed E-state index contributed by atoms with van der Waals surface area (Å²) in [6.07, 6.45) is 1.75. The maximum absolute atomic E-state index is 12.3. The molecule has 0 radical (unpaired) electrons. The normalized spacial score (nSPS) is 13.1. The molecule has 0 heterocycles. The Morgan fingerprint density at radius 1 is 1.14 bits per heavy atom. The molecule has 1 atom stereocenters. The first-order valence-electron chi connectivity index (χ1n) is 9.97. The zero-order valence-electron chi connectivity index (χ0n) is 17.9. The van der Waals surface area contributed by atoms with E-state index in [1.807, 2.05) is 13.8 Å². The highest BCUT2D eigenvalue weighted by atomic mass is 127. The van der Waals surface area contributed by atoms with Crippen molar-refractivity contribution in [2.45, 2.75) is 45.4 Å². The minimum Gasteiger partial charge on any atom is -0.396 e. The van der Waals surface area contributed by atoms with Crippen molar-refractivity contribution in [3.63, 3.8) is 0 Å². The van der Waals surface area contributed by atoms with Crippen molar-refractivity contribution in [1.29, 1.82) is 0 Å². The van der Waals surface area contributed by atoms with E-state index >= 15 is 0 Å². The molecular formula is C20H37IN4O3S. The van der Waals surface area contributed by atoms with Gasteiger partial charge in [-0.15, -0.1) is 24.0 Å². The number of aliphatic imine (C=N–C) groups is 1. The maximum Gasteiger partial charge on any atom is 0.240 e. The molecule has 0 bridgehead atoms. The molecule has 0 spiro atoms. The Balaban J connectivity index is 0.00000784. The molecule has 1 unspecified atom stereocenters. The first-order chi connectivity index (χ1) is 13.3. The van der Waals surface area contributed by atoms with Crippen LogP contribution in [0.2, 0.25) is 0 Å². The maximum atomic E-state index is 12.3. The van der Waals surface area contributed by atoms with Crippen LogP contribution in [0.1, 0.15) is 39.2 Å². The van der Waals surface area contributed by atoms with E-state index in [-0.39, 0.29) is 42.0 Å². The predicted molar refractivity (Wildman–Crippen MR) is 130 cm³/mol. The molecule has 9 heteroatoms. The summed E-state index contributed by atoms with van der Waals surface area (Å²) in [6.45, 7) is 10.4. The van der Waals surface area contributed by atoms with Crippen molar-refractivity contribution < 1.29 is 13.5 Å². The molecule has 29 heavy (non-hydrogen) atoms. The minimum absolute atomic E-state index is 0. The third-order valence-electron chi connectivity index (χ3n) is 4.23. The smallest absolute Gasteiger partial charge is 0.240 e. The highest BCUT2D eigenvalue weighted by Crippen LogP contribution is 2.15. The lowest BCUT2D eigenvalue weighted by atomic mass is 9.94. The Morgan fingerprint density at radius 3 is 2.34 bits per heavy atom. The number of aliphatic hydroxyl groups excluding tert-OH is 1. The van der Waals surface area contributed by atoms with Gasteiger partial charge in [0.15, 0.2) is 5.96 Å². The van der Waals surface area contributed by atoms with Crippen LogP contribution in [0.15, 0.2) is 34.2 Å². The molecule has 1 rings (SSSR count). The van der Waals surface area contributed by atoms with Gasteiger partial charge in [-0.05, 0) is 50.7 Å². The molecule has 0 aliphatic heterocycles. The molecular weight excluding hydrogens is 503 g/mol. The monoisotopic (exact) mass is 540 g/mol. The van der Waals surface area contributed by atoms with Crippen LogP contribution >= 0.6 is 24.0 Å². The second kappa shape index (κ2) is 15.0. The molecule has 0 aliphatic rings. The largest absolute Gasteiger partial charge is 0.396 e. The van der Waals surface area contributed by atoms with E-state index in [1.165, 1.54) is 0 Å². The van der Waals surface area contributed by atoms with E-state index in [9.17, 15) is 13.5 Å². The topological polar surface area (TPSA) is 103 Å². The predicted octanol–water partition coefficient (Wildman–Crippen LogP) is 2.49. The molecule has 0 saturated heterocycles. The average molecular weight is 541 g/mol. The number of nitrogens with zero attached hydrogens (tertiary/aromatic N) is 1. The fourth-order valence-corrected chi connectivity index (χ4v) is 3.89. The molecule has 7 nitrogen and oxygen atoms in total. The Labute approximate surface area is 193 Å². The Morgan fingerprint density at radius 2 is 1.79 bits per heavy atom. The lowest BCUT2D eigenvalue weighted by Crippen LogP contribution is -2.41. The van der Waals surface area contributed by atoms with Gasteiger partial charge in [0.05, 0.1) is 4.90 Å². The molecule has 0 aromatic heterocycles. The number of rotatable bonds is 12. The molecule has 0 aliphatic carbocycles. The van der Waals surface area contributed by atoms with Gasteiger partial charge in [-0.25, -0.2) is 13.1 Å². The summed E-state index contributed by atoms with van der Waals surface area (Å²) in [5, 5.41) is 15.6. The summed E-state index contributed by atoms with van der Waals surface area (Å²) in [5.74, 6) is 1.54. The summed E-state index contributed by atoms with van der Waals surface area (Å²) in [4.78, 5) is 4.86. The van der Waals surface area contributed by atoms with E-state index in [4.69, 9.17) is 0 Å². The minimum atomic E-state index is -3.51. The number of hydrogen-bond acceptors (Lipinski definition) is 4. The van der Waals surface area contributed by atoms with Crippen LogP contribution in [-0.2, 0) is 10.0 Å². The Kier molecular flexibility index (Phi) is 14.5. The highest BCUT2D eigenvalue weighted by molar-refractivity contribution is 14.0. The van der Waals surface area contributed by atoms with Crippen molar-refractivity contribution in [3.8, 4) is 0 Å². The van der Waals surface area contributed by atoms with Gasteiger partial charge in [-0.3, -0.25) is 4.99 Å². The van der Waals surface area contributed by atoms with Crippen LogP contribution in [0.25, 0.3) is 0 Å². The van der Waals surface area contributed by atoms with Crippen LogP contribution in [0.5, 0.6) is 0 Å². The van der Waals surface area contributed by atoms with Crippen LogP contribution < -0.4 is 15.4 Å². The fourth-order valence-electron chi connectivity index (χ4n) is 2.86. The molecule has 0 fully saturated rings. The van der Waals surface area contributed by atoms with Gasteiger partial charge in [-0.2, -0.15) is 0 Å². The third kappa shape index (κ3) is 11.8. The number of aryl methyl sites for hydroxylation is 1. The lowest BCUT2D eigenvalue weighted by Gasteiger charge is -2.17. The number of hydrogen-bond donors (Lipinski definition) is 4. The highest BCUT2D eigenvalue weighted by Gasteiger charge is 2.13. The van der Waals surface area contributed by atoms with Crippen LogP contribution in [0.3, 0.4) is 0 Å². The number of nitrogens with one attached hydrogen (secondary N) is 3. The van der Waals surface area contributed by atoms with Crippen molar-refractivity contribution in [1.82, 2.24) is 15.4 Å². The number of benzene rings is 1. The third-order valence-corrected chi connectivity index (χ3v) is 5.71. The summed E-state index contributed by atoms with van der Waals surface area (Å²) >= 11 is 0. The molecule has 1 aromatic carbocycles. The Bertz CT molecular complexity index is 694. The SMILES string of the molecule is CCNC(=NCC(CCO)CC(C)C)NCCNS(=O)(=O)c1ccc(C)cc1.I. The quantitative estimate of drug-likeness (QED) is 0.141. The standard InChI is InChI=1S/C20H36N4O3S.HI/c1-5-21-20(23-15-18(10-13-25)14-16(2)3)22-11-12-24-28(26,27)19-8-6-17(4)7-9-19;/h6-9,16,18,24-25H,5,10-15H2,1-4H3,(H2,21,22,23);1H. The van der Waals surface area contributed by atoms with Gasteiger partial charge in [0, 0.05) is 32.8 Å². The molecule has 168 valence electrons. The number of guanidine groups is 1. The molecule has 0 saturated carbocycles. The number of aliphatic hydroxyl groups is 1. The van der Waals surface area contributed by atoms with Crippen LogP contribution in [0.4, 0.5) is 0 Å². The van der Waals surface area contributed by atoms with Gasteiger partial charge >= 0.3 is 0 Å². The van der Waals surface area contributed by atoms with Crippen molar-refractivity contribution in [3.05, 3.63) is 29.8 Å². The van der Waals surface area contributed by atoms with Crippen molar-refractivity contribution in [2.24, 2.45) is 16.8 Å². The molecule has 1 aromatic rings. The van der Waals surface area contributed by atoms with Crippen molar-refractivity contribution >= 4 is 40.0 Å². The lowest BCUT2D eigenvalue weighted by molar-refractivity contribution is 0.245. The Hall–Kier alpha value is -0.910. The van der Waals surface area contributed by atoms with E-state index in [0.29, 0.717) is 30.9 Å². The molecule has 4 N–H and O–H groups in total. The van der Waals surface area contributed by atoms with Crippen LogP contribution in [-0.4, -0.2) is 52.3 Å². The fraction of sp³-hybridized carbons (Fsp3) is 0.650. The van der Waals surface area contributed by atoms with Gasteiger partial charge in [0.2, 0.25) is 10.0 Å². The second-order valence-corrected chi connectivity index (χ2v) is 9.13. The first kappa shape index (κ1) is 28.1. The van der Waals surface area contributed by atoms with E-state index in [0.717, 1.165) is 24.9 Å². The summed E-state index contributed by atoms with van der Waals surface area (Å²) in [7, 11) is -3.51. The summed E-state index contributed by atoms with van der Waals surface area (Å²) in [5.41, 5.74) is 1.02. The zero-order chi connectivity index (χ0) is 21.0. The number of sulfonamides is 1. The number of halogens is 1. The van der Waals surface area contributed by atoms with Crippen LogP contribution in [0, 0.1) is 18.8 Å².